The summed E-state index contributed by atoms with van der Waals surface area (Å²) in [4.78, 5) is 12.5. The molecule has 0 spiro atoms. The Morgan fingerprint density at radius 3 is 2.36 bits per heavy atom. The van der Waals surface area contributed by atoms with E-state index in [1.54, 1.807) is 32.4 Å². The van der Waals surface area contributed by atoms with Crippen molar-refractivity contribution in [2.45, 2.75) is 0 Å². The minimum atomic E-state index is -0.0844. The highest BCUT2D eigenvalue weighted by atomic mass is 16.5. The molecule has 4 aromatic rings. The lowest BCUT2D eigenvalue weighted by atomic mass is 10.0. The fraction of sp³-hybridized carbons (Fsp3) is 0.0952. The zero-order valence-corrected chi connectivity index (χ0v) is 13.9. The summed E-state index contributed by atoms with van der Waals surface area (Å²) in [6.45, 7) is 0. The Balaban J connectivity index is 2.02. The minimum Gasteiger partial charge on any atom is -0.497 e. The first-order chi connectivity index (χ1) is 12.2. The molecule has 1 heterocycles. The summed E-state index contributed by atoms with van der Waals surface area (Å²) in [5.41, 5.74) is 1.26. The maximum atomic E-state index is 12.5. The molecular formula is C21H16O4. The zero-order valence-electron chi connectivity index (χ0n) is 13.9. The summed E-state index contributed by atoms with van der Waals surface area (Å²) in [5.74, 6) is 1.95. The van der Waals surface area contributed by atoms with Gasteiger partial charge in [0.25, 0.3) is 0 Å². The van der Waals surface area contributed by atoms with Crippen LogP contribution in [0, 0.1) is 0 Å². The number of benzene rings is 3. The molecule has 0 radical (unpaired) electrons. The molecule has 0 aliphatic carbocycles. The predicted octanol–water partition coefficient (Wildman–Crippen LogP) is 4.63. The van der Waals surface area contributed by atoms with Crippen molar-refractivity contribution in [3.05, 3.63) is 70.9 Å². The van der Waals surface area contributed by atoms with Crippen molar-refractivity contribution in [1.29, 1.82) is 0 Å². The quantitative estimate of drug-likeness (QED) is 0.549. The van der Waals surface area contributed by atoms with Gasteiger partial charge in [0.15, 0.2) is 5.43 Å². The predicted molar refractivity (Wildman–Crippen MR) is 98.5 cm³/mol. The first-order valence-corrected chi connectivity index (χ1v) is 7.89. The van der Waals surface area contributed by atoms with Crippen LogP contribution in [0.2, 0.25) is 0 Å². The fourth-order valence-corrected chi connectivity index (χ4v) is 3.06. The normalized spacial score (nSPS) is 11.0. The van der Waals surface area contributed by atoms with E-state index in [2.05, 4.69) is 0 Å². The summed E-state index contributed by atoms with van der Waals surface area (Å²) in [6, 6.07) is 18.4. The van der Waals surface area contributed by atoms with Gasteiger partial charge in [-0.1, -0.05) is 24.3 Å². The van der Waals surface area contributed by atoms with E-state index in [4.69, 9.17) is 13.9 Å². The molecule has 0 amide bonds. The third kappa shape index (κ3) is 2.52. The lowest BCUT2D eigenvalue weighted by Gasteiger charge is -2.10. The van der Waals surface area contributed by atoms with Gasteiger partial charge in [0, 0.05) is 23.1 Å². The van der Waals surface area contributed by atoms with Gasteiger partial charge in [-0.2, -0.15) is 0 Å². The van der Waals surface area contributed by atoms with Crippen molar-refractivity contribution in [3.63, 3.8) is 0 Å². The van der Waals surface area contributed by atoms with Gasteiger partial charge < -0.3 is 13.9 Å². The van der Waals surface area contributed by atoms with Gasteiger partial charge in [-0.15, -0.1) is 0 Å². The molecule has 25 heavy (non-hydrogen) atoms. The van der Waals surface area contributed by atoms with Gasteiger partial charge >= 0.3 is 0 Å². The number of hydrogen-bond acceptors (Lipinski definition) is 4. The van der Waals surface area contributed by atoms with Gasteiger partial charge in [0.05, 0.1) is 19.6 Å². The maximum absolute atomic E-state index is 12.5. The average molecular weight is 332 g/mol. The molecule has 4 nitrogen and oxygen atoms in total. The molecule has 0 aliphatic heterocycles. The number of ether oxygens (including phenoxy) is 2. The highest BCUT2D eigenvalue weighted by molar-refractivity contribution is 5.99. The van der Waals surface area contributed by atoms with E-state index >= 15 is 0 Å². The fourth-order valence-electron chi connectivity index (χ4n) is 3.06. The van der Waals surface area contributed by atoms with Crippen LogP contribution in [0.4, 0.5) is 0 Å². The van der Waals surface area contributed by atoms with Crippen molar-refractivity contribution < 1.29 is 13.9 Å². The van der Waals surface area contributed by atoms with Crippen LogP contribution in [-0.2, 0) is 0 Å². The van der Waals surface area contributed by atoms with Gasteiger partial charge in [-0.05, 0) is 29.7 Å². The molecule has 0 atom stereocenters. The zero-order chi connectivity index (χ0) is 17.4. The second-order valence-corrected chi connectivity index (χ2v) is 5.70. The molecule has 0 saturated heterocycles. The Labute approximate surface area is 144 Å². The van der Waals surface area contributed by atoms with Crippen molar-refractivity contribution in [3.8, 4) is 22.8 Å². The average Bonchev–Trinajstić information content (AvgIpc) is 2.66. The van der Waals surface area contributed by atoms with Crippen molar-refractivity contribution in [2.24, 2.45) is 0 Å². The molecule has 4 heteroatoms. The Morgan fingerprint density at radius 2 is 1.60 bits per heavy atom. The SMILES string of the molecule is COc1ccc2c(=O)cc(-c3ccc(OC)c4ccccc34)oc2c1. The van der Waals surface area contributed by atoms with Crippen molar-refractivity contribution >= 4 is 21.7 Å². The van der Waals surface area contributed by atoms with Crippen LogP contribution in [0.25, 0.3) is 33.1 Å². The number of rotatable bonds is 3. The van der Waals surface area contributed by atoms with E-state index in [9.17, 15) is 4.79 Å². The van der Waals surface area contributed by atoms with E-state index in [0.29, 0.717) is 22.5 Å². The smallest absolute Gasteiger partial charge is 0.193 e. The maximum Gasteiger partial charge on any atom is 0.193 e. The minimum absolute atomic E-state index is 0.0844. The first kappa shape index (κ1) is 15.3. The molecule has 0 N–H and O–H groups in total. The van der Waals surface area contributed by atoms with Gasteiger partial charge in [-0.3, -0.25) is 4.79 Å². The molecule has 0 aliphatic rings. The number of fused-ring (bicyclic) bond motifs is 2. The van der Waals surface area contributed by atoms with E-state index < -0.39 is 0 Å². The third-order valence-electron chi connectivity index (χ3n) is 4.31. The molecular weight excluding hydrogens is 316 g/mol. The molecule has 4 rings (SSSR count). The second kappa shape index (κ2) is 5.98. The van der Waals surface area contributed by atoms with Gasteiger partial charge in [0.1, 0.15) is 22.8 Å². The van der Waals surface area contributed by atoms with E-state index in [0.717, 1.165) is 22.1 Å². The largest absolute Gasteiger partial charge is 0.497 e. The topological polar surface area (TPSA) is 48.7 Å². The summed E-state index contributed by atoms with van der Waals surface area (Å²) < 4.78 is 16.7. The lowest BCUT2D eigenvalue weighted by molar-refractivity contribution is 0.414. The van der Waals surface area contributed by atoms with Crippen LogP contribution < -0.4 is 14.9 Å². The second-order valence-electron chi connectivity index (χ2n) is 5.70. The van der Waals surface area contributed by atoms with E-state index in [1.165, 1.54) is 6.07 Å². The summed E-state index contributed by atoms with van der Waals surface area (Å²) >= 11 is 0. The highest BCUT2D eigenvalue weighted by Gasteiger charge is 2.12. The Hall–Kier alpha value is -3.27. The van der Waals surface area contributed by atoms with Crippen LogP contribution in [-0.4, -0.2) is 14.2 Å². The lowest BCUT2D eigenvalue weighted by Crippen LogP contribution is -2.00. The van der Waals surface area contributed by atoms with Crippen molar-refractivity contribution in [2.75, 3.05) is 14.2 Å². The van der Waals surface area contributed by atoms with Gasteiger partial charge in [-0.25, -0.2) is 0 Å². The van der Waals surface area contributed by atoms with Crippen LogP contribution in [0.3, 0.4) is 0 Å². The number of hydrogen-bond donors (Lipinski definition) is 0. The van der Waals surface area contributed by atoms with Crippen LogP contribution >= 0.6 is 0 Å². The molecule has 0 bridgehead atoms. The van der Waals surface area contributed by atoms with Crippen LogP contribution in [0.1, 0.15) is 0 Å². The van der Waals surface area contributed by atoms with Crippen molar-refractivity contribution in [1.82, 2.24) is 0 Å². The molecule has 3 aromatic carbocycles. The molecule has 0 fully saturated rings. The standard InChI is InChI=1S/C21H16O4/c1-23-13-7-8-17-18(22)12-21(25-20(17)11-13)16-9-10-19(24-2)15-6-4-3-5-14(15)16/h3-12H,1-2H3. The molecule has 0 saturated carbocycles. The summed E-state index contributed by atoms with van der Waals surface area (Å²) in [7, 11) is 3.23. The molecule has 0 unspecified atom stereocenters. The Morgan fingerprint density at radius 1 is 0.800 bits per heavy atom. The van der Waals surface area contributed by atoms with E-state index in [1.807, 2.05) is 36.4 Å². The summed E-state index contributed by atoms with van der Waals surface area (Å²) in [6.07, 6.45) is 0. The Kier molecular flexibility index (Phi) is 3.65. The third-order valence-corrected chi connectivity index (χ3v) is 4.31. The van der Waals surface area contributed by atoms with Gasteiger partial charge in [0.2, 0.25) is 0 Å². The monoisotopic (exact) mass is 332 g/mol. The first-order valence-electron chi connectivity index (χ1n) is 7.89. The van der Waals surface area contributed by atoms with E-state index in [-0.39, 0.29) is 5.43 Å². The Bertz CT molecular complexity index is 1140. The number of methoxy groups -OCH3 is 2. The van der Waals surface area contributed by atoms with Crippen LogP contribution in [0.5, 0.6) is 11.5 Å². The molecule has 124 valence electrons. The summed E-state index contributed by atoms with van der Waals surface area (Å²) in [5, 5.41) is 2.46. The highest BCUT2D eigenvalue weighted by Crippen LogP contribution is 2.35. The molecule has 1 aromatic heterocycles. The van der Waals surface area contributed by atoms with Crippen LogP contribution in [0.15, 0.2) is 69.9 Å².